The van der Waals surface area contributed by atoms with Crippen LogP contribution in [0.5, 0.6) is 11.5 Å². The Balaban J connectivity index is 1.89. The van der Waals surface area contributed by atoms with Gasteiger partial charge < -0.3 is 20.1 Å². The van der Waals surface area contributed by atoms with Crippen molar-refractivity contribution in [3.05, 3.63) is 24.3 Å². The molecule has 0 saturated carbocycles. The van der Waals surface area contributed by atoms with Crippen LogP contribution in [-0.4, -0.2) is 43.7 Å². The van der Waals surface area contributed by atoms with Gasteiger partial charge in [0, 0.05) is 19.1 Å². The number of hydrogen-bond donors (Lipinski definition) is 1. The normalized spacial score (nSPS) is 20.0. The summed E-state index contributed by atoms with van der Waals surface area (Å²) in [6.45, 7) is 3.55. The van der Waals surface area contributed by atoms with Crippen molar-refractivity contribution in [1.29, 1.82) is 0 Å². The molecule has 21 heavy (non-hydrogen) atoms. The summed E-state index contributed by atoms with van der Waals surface area (Å²) >= 11 is 0. The molecule has 1 aromatic carbocycles. The van der Waals surface area contributed by atoms with E-state index in [0.29, 0.717) is 17.4 Å². The molecule has 1 aliphatic heterocycles. The van der Waals surface area contributed by atoms with Crippen molar-refractivity contribution in [1.82, 2.24) is 4.90 Å². The second-order valence-electron chi connectivity index (χ2n) is 5.54. The van der Waals surface area contributed by atoms with Crippen LogP contribution in [0.4, 0.5) is 0 Å². The fourth-order valence-corrected chi connectivity index (χ4v) is 2.63. The number of hydrogen-bond acceptors (Lipinski definition) is 4. The SMILES string of the molecule is COc1ccccc1OCC(=O)N1CCCC(C(C)N)C1. The van der Waals surface area contributed by atoms with Gasteiger partial charge in [-0.2, -0.15) is 0 Å². The minimum absolute atomic E-state index is 0.00579. The molecule has 1 aromatic rings. The number of rotatable bonds is 5. The highest BCUT2D eigenvalue weighted by molar-refractivity contribution is 5.78. The predicted molar refractivity (Wildman–Crippen MR) is 81.4 cm³/mol. The number of benzene rings is 1. The molecule has 5 heteroatoms. The Morgan fingerprint density at radius 1 is 1.43 bits per heavy atom. The van der Waals surface area contributed by atoms with Gasteiger partial charge in [-0.25, -0.2) is 0 Å². The summed E-state index contributed by atoms with van der Waals surface area (Å²) in [6.07, 6.45) is 2.10. The molecule has 0 aliphatic carbocycles. The standard InChI is InChI=1S/C16H24N2O3/c1-12(17)13-6-5-9-18(10-13)16(19)11-21-15-8-4-3-7-14(15)20-2/h3-4,7-8,12-13H,5-6,9-11,17H2,1-2H3. The third-order valence-electron chi connectivity index (χ3n) is 3.97. The van der Waals surface area contributed by atoms with Crippen LogP contribution in [0.25, 0.3) is 0 Å². The summed E-state index contributed by atoms with van der Waals surface area (Å²) in [5.41, 5.74) is 5.95. The van der Waals surface area contributed by atoms with Gasteiger partial charge in [0.25, 0.3) is 5.91 Å². The third kappa shape index (κ3) is 4.11. The van der Waals surface area contributed by atoms with Crippen LogP contribution in [0.1, 0.15) is 19.8 Å². The Morgan fingerprint density at radius 2 is 2.14 bits per heavy atom. The maximum absolute atomic E-state index is 12.3. The average molecular weight is 292 g/mol. The number of ether oxygens (including phenoxy) is 2. The molecule has 2 rings (SSSR count). The summed E-state index contributed by atoms with van der Waals surface area (Å²) in [5, 5.41) is 0. The summed E-state index contributed by atoms with van der Waals surface area (Å²) in [7, 11) is 1.59. The number of para-hydroxylation sites is 2. The van der Waals surface area contributed by atoms with E-state index in [4.69, 9.17) is 15.2 Å². The lowest BCUT2D eigenvalue weighted by Gasteiger charge is -2.34. The monoisotopic (exact) mass is 292 g/mol. The fourth-order valence-electron chi connectivity index (χ4n) is 2.63. The number of methoxy groups -OCH3 is 1. The number of likely N-dealkylation sites (tertiary alicyclic amines) is 1. The van der Waals surface area contributed by atoms with E-state index in [9.17, 15) is 4.79 Å². The van der Waals surface area contributed by atoms with Gasteiger partial charge in [0.15, 0.2) is 18.1 Å². The second kappa shape index (κ2) is 7.31. The summed E-state index contributed by atoms with van der Waals surface area (Å²) in [4.78, 5) is 14.1. The molecule has 0 aromatic heterocycles. The van der Waals surface area contributed by atoms with Crippen LogP contribution in [-0.2, 0) is 4.79 Å². The molecule has 0 bridgehead atoms. The van der Waals surface area contributed by atoms with Gasteiger partial charge in [0.2, 0.25) is 0 Å². The van der Waals surface area contributed by atoms with Crippen LogP contribution in [0.2, 0.25) is 0 Å². The van der Waals surface area contributed by atoms with E-state index >= 15 is 0 Å². The summed E-state index contributed by atoms with van der Waals surface area (Å²) in [6, 6.07) is 7.46. The van der Waals surface area contributed by atoms with Gasteiger partial charge in [-0.1, -0.05) is 12.1 Å². The minimum Gasteiger partial charge on any atom is -0.493 e. The fraction of sp³-hybridized carbons (Fsp3) is 0.562. The molecule has 1 aliphatic rings. The third-order valence-corrected chi connectivity index (χ3v) is 3.97. The molecule has 2 N–H and O–H groups in total. The van der Waals surface area contributed by atoms with Crippen molar-refractivity contribution in [2.75, 3.05) is 26.8 Å². The number of nitrogens with zero attached hydrogens (tertiary/aromatic N) is 1. The first-order valence-corrected chi connectivity index (χ1v) is 7.41. The van der Waals surface area contributed by atoms with E-state index in [-0.39, 0.29) is 18.6 Å². The van der Waals surface area contributed by atoms with Crippen molar-refractivity contribution in [2.45, 2.75) is 25.8 Å². The molecular weight excluding hydrogens is 268 g/mol. The van der Waals surface area contributed by atoms with E-state index in [1.165, 1.54) is 0 Å². The molecule has 116 valence electrons. The summed E-state index contributed by atoms with van der Waals surface area (Å²) < 4.78 is 10.8. The zero-order valence-electron chi connectivity index (χ0n) is 12.7. The van der Waals surface area contributed by atoms with Crippen LogP contribution in [0.15, 0.2) is 24.3 Å². The van der Waals surface area contributed by atoms with Gasteiger partial charge in [0.1, 0.15) is 0 Å². The van der Waals surface area contributed by atoms with Crippen LogP contribution >= 0.6 is 0 Å². The van der Waals surface area contributed by atoms with Crippen molar-refractivity contribution >= 4 is 5.91 Å². The Morgan fingerprint density at radius 3 is 2.81 bits per heavy atom. The molecule has 0 spiro atoms. The van der Waals surface area contributed by atoms with Crippen LogP contribution in [0, 0.1) is 5.92 Å². The molecule has 2 atom stereocenters. The van der Waals surface area contributed by atoms with E-state index in [1.807, 2.05) is 30.0 Å². The van der Waals surface area contributed by atoms with Crippen LogP contribution < -0.4 is 15.2 Å². The Bertz CT molecular complexity index is 476. The maximum atomic E-state index is 12.3. The second-order valence-corrected chi connectivity index (χ2v) is 5.54. The Labute approximate surface area is 126 Å². The first-order valence-electron chi connectivity index (χ1n) is 7.41. The first-order chi connectivity index (χ1) is 10.1. The molecule has 1 amide bonds. The van der Waals surface area contributed by atoms with Crippen molar-refractivity contribution < 1.29 is 14.3 Å². The lowest BCUT2D eigenvalue weighted by atomic mass is 9.92. The molecular formula is C16H24N2O3. The van der Waals surface area contributed by atoms with Gasteiger partial charge in [-0.05, 0) is 37.8 Å². The summed E-state index contributed by atoms with van der Waals surface area (Å²) in [5.74, 6) is 1.62. The molecule has 2 unspecified atom stereocenters. The highest BCUT2D eigenvalue weighted by Crippen LogP contribution is 2.26. The molecule has 0 radical (unpaired) electrons. The first kappa shape index (κ1) is 15.6. The maximum Gasteiger partial charge on any atom is 0.260 e. The quantitative estimate of drug-likeness (QED) is 0.896. The minimum atomic E-state index is 0.00579. The van der Waals surface area contributed by atoms with Crippen molar-refractivity contribution in [3.63, 3.8) is 0 Å². The molecule has 1 saturated heterocycles. The van der Waals surface area contributed by atoms with Crippen molar-refractivity contribution in [2.24, 2.45) is 11.7 Å². The number of amides is 1. The van der Waals surface area contributed by atoms with E-state index in [1.54, 1.807) is 13.2 Å². The lowest BCUT2D eigenvalue weighted by molar-refractivity contribution is -0.135. The highest BCUT2D eigenvalue weighted by atomic mass is 16.5. The number of piperidine rings is 1. The zero-order chi connectivity index (χ0) is 15.2. The lowest BCUT2D eigenvalue weighted by Crippen LogP contribution is -2.46. The Hall–Kier alpha value is -1.75. The Kier molecular flexibility index (Phi) is 5.44. The van der Waals surface area contributed by atoms with E-state index < -0.39 is 0 Å². The largest absolute Gasteiger partial charge is 0.493 e. The number of carbonyl (C=O) groups excluding carboxylic acids is 1. The highest BCUT2D eigenvalue weighted by Gasteiger charge is 2.26. The topological polar surface area (TPSA) is 64.8 Å². The zero-order valence-corrected chi connectivity index (χ0v) is 12.7. The average Bonchev–Trinajstić information content (AvgIpc) is 2.52. The van der Waals surface area contributed by atoms with Gasteiger partial charge in [0.05, 0.1) is 7.11 Å². The molecule has 5 nitrogen and oxygen atoms in total. The number of carbonyl (C=O) groups is 1. The number of nitrogens with two attached hydrogens (primary N) is 1. The van der Waals surface area contributed by atoms with Gasteiger partial charge in [-0.15, -0.1) is 0 Å². The van der Waals surface area contributed by atoms with Gasteiger partial charge >= 0.3 is 0 Å². The predicted octanol–water partition coefficient (Wildman–Crippen LogP) is 1.66. The smallest absolute Gasteiger partial charge is 0.260 e. The van der Waals surface area contributed by atoms with Crippen LogP contribution in [0.3, 0.4) is 0 Å². The molecule has 1 fully saturated rings. The molecule has 1 heterocycles. The van der Waals surface area contributed by atoms with Crippen molar-refractivity contribution in [3.8, 4) is 11.5 Å². The van der Waals surface area contributed by atoms with E-state index in [0.717, 1.165) is 25.9 Å². The van der Waals surface area contributed by atoms with E-state index in [2.05, 4.69) is 0 Å². The van der Waals surface area contributed by atoms with Gasteiger partial charge in [-0.3, -0.25) is 4.79 Å².